The Labute approximate surface area is 104 Å². The molecule has 0 spiro atoms. The normalized spacial score (nSPS) is 9.20. The molecule has 0 amide bonds. The van der Waals surface area contributed by atoms with Crippen molar-refractivity contribution in [2.24, 2.45) is 0 Å². The number of aliphatic carboxylic acids is 1. The van der Waals surface area contributed by atoms with Crippen molar-refractivity contribution in [2.75, 3.05) is 5.73 Å². The summed E-state index contributed by atoms with van der Waals surface area (Å²) >= 11 is 0.266. The molecule has 0 heterocycles. The molecule has 0 saturated heterocycles. The van der Waals surface area contributed by atoms with Crippen LogP contribution in [-0.2, 0) is 30.9 Å². The van der Waals surface area contributed by atoms with E-state index in [1.165, 1.54) is 0 Å². The number of anilines is 1. The fourth-order valence-corrected chi connectivity index (χ4v) is 3.23. The summed E-state index contributed by atoms with van der Waals surface area (Å²) in [6.07, 6.45) is 0. The topological polar surface area (TPSA) is 63.3 Å². The zero-order valence-electron chi connectivity index (χ0n) is 9.10. The van der Waals surface area contributed by atoms with Gasteiger partial charge in [0.2, 0.25) is 0 Å². The first-order valence-electron chi connectivity index (χ1n) is 4.34. The Morgan fingerprint density at radius 3 is 2.27 bits per heavy atom. The van der Waals surface area contributed by atoms with Gasteiger partial charge in [0.05, 0.1) is 0 Å². The van der Waals surface area contributed by atoms with Crippen molar-refractivity contribution in [3.8, 4) is 0 Å². The molecule has 3 N–H and O–H groups in total. The monoisotopic (exact) mass is 400 g/mol. The molecule has 15 heavy (non-hydrogen) atoms. The summed E-state index contributed by atoms with van der Waals surface area (Å²) in [6.45, 7) is 4.77. The summed E-state index contributed by atoms with van der Waals surface area (Å²) in [5, 5.41) is 7.42. The predicted octanol–water partition coefficient (Wildman–Crippen LogP) is 1.29. The van der Waals surface area contributed by atoms with Crippen LogP contribution in [0.5, 0.6) is 0 Å². The molecule has 0 atom stereocenters. The van der Waals surface area contributed by atoms with E-state index in [1.807, 2.05) is 6.92 Å². The number of halogens is 1. The molecule has 1 rings (SSSR count). The Kier molecular flexibility index (Phi) is 5.79. The summed E-state index contributed by atoms with van der Waals surface area (Å²) in [4.78, 5) is 9.00. The second-order valence-corrected chi connectivity index (χ2v) is 5.98. The van der Waals surface area contributed by atoms with Crippen LogP contribution in [-0.4, -0.2) is 11.1 Å². The molecule has 0 aliphatic heterocycles. The van der Waals surface area contributed by atoms with Crippen LogP contribution >= 0.6 is 0 Å². The number of carbonyl (C=O) groups is 1. The molecule has 5 heteroatoms. The molecule has 0 saturated carbocycles. The van der Waals surface area contributed by atoms with E-state index in [9.17, 15) is 4.39 Å². The van der Waals surface area contributed by atoms with Gasteiger partial charge in [-0.25, -0.2) is 0 Å². The maximum absolute atomic E-state index is 13.1. The first kappa shape index (κ1) is 14.4. The quantitative estimate of drug-likeness (QED) is 0.511. The van der Waals surface area contributed by atoms with Gasteiger partial charge in [-0.3, -0.25) is 4.79 Å². The average Bonchev–Trinajstić information content (AvgIpc) is 2.11. The second-order valence-electron chi connectivity index (χ2n) is 3.24. The molecule has 0 aromatic heterocycles. The molecule has 0 bridgehead atoms. The number of rotatable bonds is 0. The maximum atomic E-state index is 13.1. The van der Waals surface area contributed by atoms with Crippen LogP contribution in [0.3, 0.4) is 0 Å². The van der Waals surface area contributed by atoms with E-state index in [4.69, 9.17) is 15.6 Å². The molecule has 1 aromatic rings. The van der Waals surface area contributed by atoms with Crippen LogP contribution in [0, 0.1) is 19.7 Å². The number of carboxylic acid groups (broad SMARTS) is 1. The summed E-state index contributed by atoms with van der Waals surface area (Å²) in [7, 11) is 0. The van der Waals surface area contributed by atoms with Gasteiger partial charge < -0.3 is 5.11 Å². The molecule has 3 nitrogen and oxygen atoms in total. The molecular formula is C10H13FHgNO2. The van der Waals surface area contributed by atoms with Gasteiger partial charge in [0.25, 0.3) is 5.97 Å². The van der Waals surface area contributed by atoms with Crippen molar-refractivity contribution in [1.29, 1.82) is 0 Å². The standard InChI is InChI=1S/C8H9FN.C2H4O2.Hg/c1-5-3-6(2)8(10)4-7(5)9;1-2(3)4;/h3H,10H2,1-2H3;1H3,(H,3,4);. The van der Waals surface area contributed by atoms with Gasteiger partial charge in [0, 0.05) is 6.92 Å². The first-order valence-corrected chi connectivity index (χ1v) is 7.09. The van der Waals surface area contributed by atoms with Gasteiger partial charge >= 0.3 is 81.9 Å². The van der Waals surface area contributed by atoms with Crippen LogP contribution in [0.4, 0.5) is 10.1 Å². The number of hydrogen-bond donors (Lipinski definition) is 2. The second kappa shape index (κ2) is 6.05. The molecule has 79 valence electrons. The third-order valence-corrected chi connectivity index (χ3v) is 4.48. The third kappa shape index (κ3) is 4.60. The third-order valence-electron chi connectivity index (χ3n) is 1.79. The molecule has 0 aliphatic rings. The van der Waals surface area contributed by atoms with E-state index < -0.39 is 5.97 Å². The summed E-state index contributed by atoms with van der Waals surface area (Å²) < 4.78 is 13.9. The Hall–Kier alpha value is -0.645. The minimum atomic E-state index is -0.833. The fourth-order valence-electron chi connectivity index (χ4n) is 1.06. The van der Waals surface area contributed by atoms with Crippen molar-refractivity contribution in [3.05, 3.63) is 23.0 Å². The molecule has 0 radical (unpaired) electrons. The molecule has 0 unspecified atom stereocenters. The number of carboxylic acids is 1. The van der Waals surface area contributed by atoms with Crippen LogP contribution in [0.2, 0.25) is 0 Å². The van der Waals surface area contributed by atoms with E-state index in [-0.39, 0.29) is 31.9 Å². The molecule has 0 aliphatic carbocycles. The van der Waals surface area contributed by atoms with Crippen molar-refractivity contribution in [3.63, 3.8) is 0 Å². The Morgan fingerprint density at radius 2 is 1.87 bits per heavy atom. The first-order chi connectivity index (χ1) is 6.77. The van der Waals surface area contributed by atoms with Crippen molar-refractivity contribution >= 4 is 14.7 Å². The average molecular weight is 399 g/mol. The Morgan fingerprint density at radius 1 is 1.47 bits per heavy atom. The molecule has 0 fully saturated rings. The van der Waals surface area contributed by atoms with Gasteiger partial charge in [-0.2, -0.15) is 0 Å². The van der Waals surface area contributed by atoms with E-state index in [2.05, 4.69) is 0 Å². The predicted molar refractivity (Wildman–Crippen MR) is 53.2 cm³/mol. The number of hydrogen-bond acceptors (Lipinski definition) is 2. The minimum absolute atomic E-state index is 0.101. The van der Waals surface area contributed by atoms with Crippen LogP contribution in [0.1, 0.15) is 18.1 Å². The van der Waals surface area contributed by atoms with E-state index in [0.717, 1.165) is 15.6 Å². The summed E-state index contributed by atoms with van der Waals surface area (Å²) in [5.74, 6) is -0.934. The van der Waals surface area contributed by atoms with Crippen LogP contribution in [0.15, 0.2) is 6.07 Å². The number of nitrogen functional groups attached to an aromatic ring is 1. The molecular weight excluding hydrogens is 386 g/mol. The zero-order chi connectivity index (χ0) is 12.2. The van der Waals surface area contributed by atoms with Gasteiger partial charge in [-0.05, 0) is 0 Å². The van der Waals surface area contributed by atoms with Crippen molar-refractivity contribution in [2.45, 2.75) is 20.8 Å². The fraction of sp³-hybridized carbons (Fsp3) is 0.300. The van der Waals surface area contributed by atoms with Crippen molar-refractivity contribution in [1.82, 2.24) is 0 Å². The summed E-state index contributed by atoms with van der Waals surface area (Å²) in [6, 6.07) is 1.79. The van der Waals surface area contributed by atoms with Crippen molar-refractivity contribution < 1.29 is 40.4 Å². The van der Waals surface area contributed by atoms with Gasteiger partial charge in [0.15, 0.2) is 0 Å². The number of nitrogens with two attached hydrogens (primary N) is 1. The Bertz CT molecular complexity index is 350. The van der Waals surface area contributed by atoms with E-state index in [0.29, 0.717) is 11.3 Å². The van der Waals surface area contributed by atoms with Gasteiger partial charge in [-0.1, -0.05) is 0 Å². The number of benzene rings is 1. The zero-order valence-corrected chi connectivity index (χ0v) is 14.6. The molecule has 1 aromatic carbocycles. The summed E-state index contributed by atoms with van der Waals surface area (Å²) in [5.41, 5.74) is 8.01. The van der Waals surface area contributed by atoms with Crippen LogP contribution < -0.4 is 8.81 Å². The SMILES string of the molecule is CC(=O)O.Cc1cc(C)c(F)[c]([Hg])c1N. The van der Waals surface area contributed by atoms with E-state index in [1.54, 1.807) is 13.0 Å². The Balaban J connectivity index is 0.000000423. The van der Waals surface area contributed by atoms with E-state index >= 15 is 0 Å². The van der Waals surface area contributed by atoms with Crippen LogP contribution in [0.25, 0.3) is 0 Å². The number of aryl methyl sites for hydroxylation is 2. The van der Waals surface area contributed by atoms with Gasteiger partial charge in [-0.15, -0.1) is 0 Å². The van der Waals surface area contributed by atoms with Gasteiger partial charge in [0.1, 0.15) is 0 Å².